The Morgan fingerprint density at radius 2 is 1.54 bits per heavy atom. The van der Waals surface area contributed by atoms with Gasteiger partial charge in [0.1, 0.15) is 47.7 Å². The summed E-state index contributed by atoms with van der Waals surface area (Å²) >= 11 is 6.57. The molecule has 1 aromatic carbocycles. The maximum absolute atomic E-state index is 13.8. The summed E-state index contributed by atoms with van der Waals surface area (Å²) in [6, 6.07) is 7.40. The number of hydrogen-bond donors (Lipinski definition) is 5. The van der Waals surface area contributed by atoms with Crippen LogP contribution in [0.5, 0.6) is 0 Å². The zero-order chi connectivity index (χ0) is 42.6. The zero-order valence-corrected chi connectivity index (χ0v) is 34.3. The number of carbonyl (C=O) groups is 5. The standard InChI is InChI=1S/C41H48ClN9O10/c42-27-20-29(39(57)51-35(27)37(55)49-41(51)10-8-40(6-7-40)9-11-41)46-32-21-31(44-24-45-32)43-12-13-58-14-15-59-16-17-60-18-19-61-23-34(53)47-28-3-1-2-25-26(28)22-50(38(25)56)30-4-5-33(52)48-36(30)54/h1-3,20-21,24,30H,4-19,22-23H2,(H,47,53)(H,49,55)(H,48,52,54)(H2,43,44,45,46). The predicted octanol–water partition coefficient (Wildman–Crippen LogP) is 2.66. The Hall–Kier alpha value is -5.47. The number of nitrogens with one attached hydrogen (secondary N) is 5. The van der Waals surface area contributed by atoms with Gasteiger partial charge in [0.25, 0.3) is 17.4 Å². The van der Waals surface area contributed by atoms with Gasteiger partial charge < -0.3 is 45.1 Å². The number of aromatic nitrogens is 3. The monoisotopic (exact) mass is 861 g/mol. The van der Waals surface area contributed by atoms with E-state index in [1.54, 1.807) is 28.8 Å². The molecular weight excluding hydrogens is 814 g/mol. The van der Waals surface area contributed by atoms with E-state index in [4.69, 9.17) is 30.5 Å². The van der Waals surface area contributed by atoms with Crippen LogP contribution in [0.25, 0.3) is 0 Å². The lowest BCUT2D eigenvalue weighted by Gasteiger charge is -2.38. The molecule has 5 heterocycles. The van der Waals surface area contributed by atoms with E-state index in [-0.39, 0.29) is 78.9 Å². The molecule has 324 valence electrons. The lowest BCUT2D eigenvalue weighted by atomic mass is 9.79. The van der Waals surface area contributed by atoms with E-state index in [0.29, 0.717) is 86.3 Å². The molecule has 1 unspecified atom stereocenters. The Labute approximate surface area is 355 Å². The van der Waals surface area contributed by atoms with Gasteiger partial charge in [-0.05, 0) is 68.6 Å². The van der Waals surface area contributed by atoms with Crippen molar-refractivity contribution in [3.63, 3.8) is 0 Å². The van der Waals surface area contributed by atoms with Crippen LogP contribution in [0.15, 0.2) is 41.5 Å². The van der Waals surface area contributed by atoms with E-state index >= 15 is 0 Å². The lowest BCUT2D eigenvalue weighted by molar-refractivity contribution is -0.137. The van der Waals surface area contributed by atoms with Crippen molar-refractivity contribution in [1.82, 2.24) is 30.1 Å². The Balaban J connectivity index is 0.670. The zero-order valence-electron chi connectivity index (χ0n) is 33.5. The van der Waals surface area contributed by atoms with Crippen molar-refractivity contribution < 1.29 is 42.9 Å². The van der Waals surface area contributed by atoms with E-state index in [1.807, 2.05) is 0 Å². The summed E-state index contributed by atoms with van der Waals surface area (Å²) in [4.78, 5) is 86.1. The molecule has 20 heteroatoms. The fourth-order valence-corrected chi connectivity index (χ4v) is 8.74. The van der Waals surface area contributed by atoms with E-state index in [2.05, 4.69) is 36.6 Å². The van der Waals surface area contributed by atoms with Gasteiger partial charge in [0.2, 0.25) is 17.7 Å². The number of ether oxygens (including phenoxy) is 4. The van der Waals surface area contributed by atoms with E-state index in [1.165, 1.54) is 30.1 Å². The molecule has 2 aromatic heterocycles. The van der Waals surface area contributed by atoms with Crippen LogP contribution < -0.4 is 32.1 Å². The number of imide groups is 1. The van der Waals surface area contributed by atoms with Crippen molar-refractivity contribution in [2.45, 2.75) is 69.6 Å². The SMILES string of the molecule is O=C1CCC(N2Cc3c(NC(=O)COCCOCCOCCOCCNc4cc(Nc5cc(Cl)c6n(c5=O)C5(CCC7(CC7)CC5)NC6=O)ncn4)cccc3C2=O)C(=O)N1. The predicted molar refractivity (Wildman–Crippen MR) is 219 cm³/mol. The molecule has 3 fully saturated rings. The largest absolute Gasteiger partial charge is 0.377 e. The van der Waals surface area contributed by atoms with Gasteiger partial charge in [0.15, 0.2) is 0 Å². The highest BCUT2D eigenvalue weighted by Crippen LogP contribution is 2.59. The first-order chi connectivity index (χ1) is 29.5. The summed E-state index contributed by atoms with van der Waals surface area (Å²) in [5.74, 6) is -0.982. The second-order valence-electron chi connectivity index (χ2n) is 15.9. The van der Waals surface area contributed by atoms with Gasteiger partial charge in [-0.1, -0.05) is 17.7 Å². The normalized spacial score (nSPS) is 19.4. The molecule has 1 saturated heterocycles. The Kier molecular flexibility index (Phi) is 12.6. The molecule has 3 aliphatic heterocycles. The second kappa shape index (κ2) is 18.3. The molecule has 5 N–H and O–H groups in total. The van der Waals surface area contributed by atoms with Gasteiger partial charge in [0, 0.05) is 42.4 Å². The number of nitrogens with zero attached hydrogens (tertiary/aromatic N) is 4. The minimum atomic E-state index is -0.762. The van der Waals surface area contributed by atoms with Gasteiger partial charge in [-0.15, -0.1) is 0 Å². The van der Waals surface area contributed by atoms with Crippen molar-refractivity contribution in [3.05, 3.63) is 68.9 Å². The van der Waals surface area contributed by atoms with Crippen molar-refractivity contribution in [2.24, 2.45) is 5.41 Å². The quantitative estimate of drug-likeness (QED) is 0.0862. The highest BCUT2D eigenvalue weighted by Gasteiger charge is 2.54. The maximum atomic E-state index is 13.8. The summed E-state index contributed by atoms with van der Waals surface area (Å²) < 4.78 is 23.7. The van der Waals surface area contributed by atoms with Crippen LogP contribution in [0, 0.1) is 5.41 Å². The number of hydrogen-bond acceptors (Lipinski definition) is 14. The minimum Gasteiger partial charge on any atom is -0.377 e. The molecule has 2 aliphatic carbocycles. The first kappa shape index (κ1) is 42.2. The average Bonchev–Trinajstić information content (AvgIpc) is 3.83. The Bertz CT molecular complexity index is 2260. The van der Waals surface area contributed by atoms with Crippen LogP contribution in [0.4, 0.5) is 23.0 Å². The fourth-order valence-electron chi connectivity index (χ4n) is 8.46. The van der Waals surface area contributed by atoms with E-state index in [9.17, 15) is 28.8 Å². The molecule has 19 nitrogen and oxygen atoms in total. The van der Waals surface area contributed by atoms with Crippen molar-refractivity contribution >= 4 is 64.1 Å². The highest BCUT2D eigenvalue weighted by atomic mass is 35.5. The fraction of sp³-hybridized carbons (Fsp3) is 0.512. The smallest absolute Gasteiger partial charge is 0.276 e. The van der Waals surface area contributed by atoms with Gasteiger partial charge >= 0.3 is 0 Å². The summed E-state index contributed by atoms with van der Waals surface area (Å²) in [6.07, 6.45) is 7.53. The van der Waals surface area contributed by atoms with Gasteiger partial charge in [0.05, 0.1) is 51.3 Å². The maximum Gasteiger partial charge on any atom is 0.276 e. The van der Waals surface area contributed by atoms with Crippen LogP contribution in [-0.2, 0) is 45.5 Å². The van der Waals surface area contributed by atoms with Gasteiger partial charge in [-0.3, -0.25) is 38.7 Å². The first-order valence-corrected chi connectivity index (χ1v) is 20.9. The second-order valence-corrected chi connectivity index (χ2v) is 16.3. The number of amides is 5. The van der Waals surface area contributed by atoms with Gasteiger partial charge in [-0.25, -0.2) is 9.97 Å². The van der Waals surface area contributed by atoms with Crippen LogP contribution in [0.3, 0.4) is 0 Å². The number of anilines is 4. The summed E-state index contributed by atoms with van der Waals surface area (Å²) in [6.45, 7) is 2.62. The Morgan fingerprint density at radius 1 is 0.852 bits per heavy atom. The summed E-state index contributed by atoms with van der Waals surface area (Å²) in [7, 11) is 0. The van der Waals surface area contributed by atoms with Gasteiger partial charge in [-0.2, -0.15) is 0 Å². The van der Waals surface area contributed by atoms with E-state index < -0.39 is 23.5 Å². The molecule has 5 amide bonds. The molecular formula is C41H48ClN9O10. The van der Waals surface area contributed by atoms with Crippen molar-refractivity contribution in [3.8, 4) is 0 Å². The number of carbonyl (C=O) groups excluding carboxylic acids is 5. The van der Waals surface area contributed by atoms with Crippen LogP contribution in [0.1, 0.15) is 77.8 Å². The molecule has 8 rings (SSSR count). The lowest BCUT2D eigenvalue weighted by Crippen LogP contribution is -2.52. The van der Waals surface area contributed by atoms with Crippen LogP contribution in [-0.4, -0.2) is 114 Å². The molecule has 5 aliphatic rings. The third-order valence-electron chi connectivity index (χ3n) is 11.9. The third kappa shape index (κ3) is 9.40. The third-order valence-corrected chi connectivity index (χ3v) is 12.2. The van der Waals surface area contributed by atoms with Crippen LogP contribution in [0.2, 0.25) is 5.02 Å². The molecule has 1 atom stereocenters. The molecule has 0 radical (unpaired) electrons. The summed E-state index contributed by atoms with van der Waals surface area (Å²) in [5, 5.41) is 14.6. The number of halogens is 1. The first-order valence-electron chi connectivity index (χ1n) is 20.5. The topological polar surface area (TPSA) is 233 Å². The molecule has 2 spiro atoms. The molecule has 3 aromatic rings. The van der Waals surface area contributed by atoms with Crippen molar-refractivity contribution in [2.75, 3.05) is 75.4 Å². The average molecular weight is 862 g/mol. The summed E-state index contributed by atoms with van der Waals surface area (Å²) in [5.41, 5.74) is 1.19. The Morgan fingerprint density at radius 3 is 2.26 bits per heavy atom. The number of fused-ring (bicyclic) bond motifs is 3. The number of pyridine rings is 1. The minimum absolute atomic E-state index is 0.145. The van der Waals surface area contributed by atoms with Crippen LogP contribution >= 0.6 is 11.6 Å². The molecule has 2 saturated carbocycles. The number of benzene rings is 1. The molecule has 0 bridgehead atoms. The number of piperidine rings is 1. The van der Waals surface area contributed by atoms with E-state index in [0.717, 1.165) is 12.8 Å². The highest BCUT2D eigenvalue weighted by molar-refractivity contribution is 6.34. The number of rotatable bonds is 19. The van der Waals surface area contributed by atoms with Crippen molar-refractivity contribution in [1.29, 1.82) is 0 Å². The molecule has 61 heavy (non-hydrogen) atoms.